The van der Waals surface area contributed by atoms with Crippen molar-refractivity contribution in [2.75, 3.05) is 13.7 Å². The number of nitrogens with one attached hydrogen (secondary N) is 1. The molecule has 0 aliphatic rings. The normalized spacial score (nSPS) is 11.0. The summed E-state index contributed by atoms with van der Waals surface area (Å²) in [5.41, 5.74) is 2.01. The van der Waals surface area contributed by atoms with Crippen LogP contribution in [0, 0.1) is 5.82 Å². The van der Waals surface area contributed by atoms with E-state index in [4.69, 9.17) is 4.74 Å². The molecule has 2 aromatic rings. The third-order valence-electron chi connectivity index (χ3n) is 3.48. The molecule has 2 aromatic carbocycles. The molecule has 0 aliphatic carbocycles. The Labute approximate surface area is 140 Å². The van der Waals surface area contributed by atoms with Gasteiger partial charge >= 0.3 is 0 Å². The van der Waals surface area contributed by atoms with Crippen molar-refractivity contribution in [3.05, 3.63) is 71.6 Å². The van der Waals surface area contributed by atoms with Gasteiger partial charge in [-0.05, 0) is 54.5 Å². The van der Waals surface area contributed by atoms with E-state index in [-0.39, 0.29) is 18.2 Å². The van der Waals surface area contributed by atoms with E-state index in [1.165, 1.54) is 30.3 Å². The minimum Gasteiger partial charge on any atom is -0.497 e. The lowest BCUT2D eigenvalue weighted by atomic mass is 10.1. The minimum atomic E-state index is -0.409. The molecule has 1 amide bonds. The zero-order valence-electron chi connectivity index (χ0n) is 13.5. The number of halogens is 1. The molecule has 0 aromatic heterocycles. The highest BCUT2D eigenvalue weighted by Crippen LogP contribution is 2.17. The number of allylic oxidation sites excluding steroid dienone is 1. The number of ether oxygens (including phenoxy) is 1. The van der Waals surface area contributed by atoms with Gasteiger partial charge in [0, 0.05) is 11.6 Å². The molecule has 0 bridgehead atoms. The summed E-state index contributed by atoms with van der Waals surface area (Å²) in [6, 6.07) is 12.5. The number of methoxy groups -OCH3 is 1. The summed E-state index contributed by atoms with van der Waals surface area (Å²) >= 11 is 0. The maximum Gasteiger partial charge on any atom is 0.244 e. The van der Waals surface area contributed by atoms with E-state index < -0.39 is 5.82 Å². The Bertz CT molecular complexity index is 749. The molecule has 0 atom stereocenters. The summed E-state index contributed by atoms with van der Waals surface area (Å²) in [6.45, 7) is 1.67. The Morgan fingerprint density at radius 2 is 1.62 bits per heavy atom. The number of rotatable bonds is 6. The molecule has 0 heterocycles. The second-order valence-electron chi connectivity index (χ2n) is 5.20. The van der Waals surface area contributed by atoms with Gasteiger partial charge < -0.3 is 10.1 Å². The van der Waals surface area contributed by atoms with Gasteiger partial charge in [0.15, 0.2) is 5.78 Å². The summed E-state index contributed by atoms with van der Waals surface area (Å²) < 4.78 is 17.9. The fraction of sp³-hybridized carbons (Fsp3) is 0.158. The molecule has 124 valence electrons. The van der Waals surface area contributed by atoms with E-state index in [0.29, 0.717) is 5.56 Å². The van der Waals surface area contributed by atoms with Gasteiger partial charge in [-0.1, -0.05) is 12.1 Å². The molecule has 0 aliphatic heterocycles. The summed E-state index contributed by atoms with van der Waals surface area (Å²) in [4.78, 5) is 23.8. The Hall–Kier alpha value is -2.95. The minimum absolute atomic E-state index is 0.142. The number of hydrogen-bond donors (Lipinski definition) is 1. The third kappa shape index (κ3) is 4.78. The van der Waals surface area contributed by atoms with Crippen molar-refractivity contribution in [3.63, 3.8) is 0 Å². The number of hydrogen-bond acceptors (Lipinski definition) is 3. The van der Waals surface area contributed by atoms with Gasteiger partial charge in [-0.3, -0.25) is 9.59 Å². The lowest BCUT2D eigenvalue weighted by Crippen LogP contribution is -2.28. The molecular weight excluding hydrogens is 309 g/mol. The number of ketones is 1. The second-order valence-corrected chi connectivity index (χ2v) is 5.20. The standard InChI is InChI=1S/C19H18FNO3/c1-13(14-5-9-17(24-2)10-6-14)11-19(23)21-12-18(22)15-3-7-16(20)8-4-15/h3-11H,12H2,1-2H3,(H,21,23)/b13-11+. The van der Waals surface area contributed by atoms with Crippen LogP contribution in [0.2, 0.25) is 0 Å². The average Bonchev–Trinajstić information content (AvgIpc) is 2.60. The van der Waals surface area contributed by atoms with Crippen LogP contribution in [-0.2, 0) is 4.79 Å². The van der Waals surface area contributed by atoms with E-state index in [1.54, 1.807) is 7.11 Å². The zero-order valence-corrected chi connectivity index (χ0v) is 13.5. The lowest BCUT2D eigenvalue weighted by molar-refractivity contribution is -0.116. The summed E-state index contributed by atoms with van der Waals surface area (Å²) in [5, 5.41) is 2.54. The van der Waals surface area contributed by atoms with Crippen LogP contribution in [0.3, 0.4) is 0 Å². The molecular formula is C19H18FNO3. The van der Waals surface area contributed by atoms with Gasteiger partial charge in [0.05, 0.1) is 13.7 Å². The Balaban J connectivity index is 1.93. The highest BCUT2D eigenvalue weighted by atomic mass is 19.1. The summed E-state index contributed by atoms with van der Waals surface area (Å²) in [5.74, 6) is -0.313. The largest absolute Gasteiger partial charge is 0.497 e. The van der Waals surface area contributed by atoms with Crippen molar-refractivity contribution in [2.45, 2.75) is 6.92 Å². The molecule has 24 heavy (non-hydrogen) atoms. The molecule has 0 saturated heterocycles. The van der Waals surface area contributed by atoms with Gasteiger partial charge in [-0.15, -0.1) is 0 Å². The molecule has 0 fully saturated rings. The SMILES string of the molecule is COc1ccc(/C(C)=C/C(=O)NCC(=O)c2ccc(F)cc2)cc1. The first-order valence-electron chi connectivity index (χ1n) is 7.39. The van der Waals surface area contributed by atoms with Gasteiger partial charge in [0.25, 0.3) is 0 Å². The monoisotopic (exact) mass is 327 g/mol. The van der Waals surface area contributed by atoms with Crippen LogP contribution in [0.1, 0.15) is 22.8 Å². The van der Waals surface area contributed by atoms with Gasteiger partial charge in [0.1, 0.15) is 11.6 Å². The first-order valence-corrected chi connectivity index (χ1v) is 7.39. The van der Waals surface area contributed by atoms with Crippen molar-refractivity contribution in [3.8, 4) is 5.75 Å². The van der Waals surface area contributed by atoms with Gasteiger partial charge in [-0.2, -0.15) is 0 Å². The number of Topliss-reactive ketones (excluding diaryl/α,β-unsaturated/α-hetero) is 1. The molecule has 0 unspecified atom stereocenters. The van der Waals surface area contributed by atoms with Crippen LogP contribution in [0.5, 0.6) is 5.75 Å². The molecule has 0 spiro atoms. The topological polar surface area (TPSA) is 55.4 Å². The highest BCUT2D eigenvalue weighted by Gasteiger charge is 2.08. The average molecular weight is 327 g/mol. The van der Waals surface area contributed by atoms with Crippen LogP contribution < -0.4 is 10.1 Å². The quantitative estimate of drug-likeness (QED) is 0.654. The maximum atomic E-state index is 12.8. The summed E-state index contributed by atoms with van der Waals surface area (Å²) in [7, 11) is 1.59. The van der Waals surface area contributed by atoms with Gasteiger partial charge in [0.2, 0.25) is 5.91 Å². The maximum absolute atomic E-state index is 12.8. The van der Waals surface area contributed by atoms with Crippen molar-refractivity contribution >= 4 is 17.3 Å². The highest BCUT2D eigenvalue weighted by molar-refractivity contribution is 6.02. The van der Waals surface area contributed by atoms with E-state index >= 15 is 0 Å². The van der Waals surface area contributed by atoms with Crippen LogP contribution in [0.25, 0.3) is 5.57 Å². The smallest absolute Gasteiger partial charge is 0.244 e. The first-order chi connectivity index (χ1) is 11.5. The third-order valence-corrected chi connectivity index (χ3v) is 3.48. The van der Waals surface area contributed by atoms with Crippen molar-refractivity contribution in [1.29, 1.82) is 0 Å². The molecule has 0 radical (unpaired) electrons. The molecule has 4 nitrogen and oxygen atoms in total. The van der Waals surface area contributed by atoms with Crippen molar-refractivity contribution in [1.82, 2.24) is 5.32 Å². The number of benzene rings is 2. The predicted molar refractivity (Wildman–Crippen MR) is 90.4 cm³/mol. The van der Waals surface area contributed by atoms with E-state index in [2.05, 4.69) is 5.32 Å². The molecule has 2 rings (SSSR count). The fourth-order valence-corrected chi connectivity index (χ4v) is 2.09. The van der Waals surface area contributed by atoms with Crippen LogP contribution in [-0.4, -0.2) is 25.3 Å². The first kappa shape index (κ1) is 17.4. The van der Waals surface area contributed by atoms with E-state index in [0.717, 1.165) is 16.9 Å². The molecule has 5 heteroatoms. The molecule has 1 N–H and O–H groups in total. The van der Waals surface area contributed by atoms with Gasteiger partial charge in [-0.25, -0.2) is 4.39 Å². The fourth-order valence-electron chi connectivity index (χ4n) is 2.09. The van der Waals surface area contributed by atoms with Crippen LogP contribution >= 0.6 is 0 Å². The Morgan fingerprint density at radius 3 is 2.21 bits per heavy atom. The predicted octanol–water partition coefficient (Wildman–Crippen LogP) is 3.24. The lowest BCUT2D eigenvalue weighted by Gasteiger charge is -2.05. The van der Waals surface area contributed by atoms with E-state index in [9.17, 15) is 14.0 Å². The van der Waals surface area contributed by atoms with Crippen molar-refractivity contribution in [2.24, 2.45) is 0 Å². The van der Waals surface area contributed by atoms with Crippen molar-refractivity contribution < 1.29 is 18.7 Å². The second kappa shape index (κ2) is 8.06. The summed E-state index contributed by atoms with van der Waals surface area (Å²) in [6.07, 6.45) is 1.43. The molecule has 0 saturated carbocycles. The number of carbonyl (C=O) groups excluding carboxylic acids is 2. The zero-order chi connectivity index (χ0) is 17.5. The van der Waals surface area contributed by atoms with E-state index in [1.807, 2.05) is 31.2 Å². The number of amides is 1. The number of carbonyl (C=O) groups is 2. The Kier molecular flexibility index (Phi) is 5.84. The van der Waals surface area contributed by atoms with Crippen LogP contribution in [0.15, 0.2) is 54.6 Å². The van der Waals surface area contributed by atoms with Crippen LogP contribution in [0.4, 0.5) is 4.39 Å². The Morgan fingerprint density at radius 1 is 1.04 bits per heavy atom.